The smallest absolute Gasteiger partial charge is 0.305 e. The molecule has 6 nitrogen and oxygen atoms in total. The second kappa shape index (κ2) is 68.1. The minimum Gasteiger partial charge on any atom is -0.466 e. The van der Waals surface area contributed by atoms with Gasteiger partial charge in [-0.2, -0.15) is 0 Å². The van der Waals surface area contributed by atoms with Gasteiger partial charge in [-0.05, 0) is 51.4 Å². The number of unbranched alkanes of at least 4 members (excludes halogenated alkanes) is 55. The Balaban J connectivity index is 3.36. The number of aliphatic hydroxyl groups excluding tert-OH is 2. The van der Waals surface area contributed by atoms with Gasteiger partial charge in [0, 0.05) is 12.8 Å². The Morgan fingerprint density at radius 2 is 0.603 bits per heavy atom. The number of hydrogen-bond acceptors (Lipinski definition) is 5. The third kappa shape index (κ3) is 63.8. The zero-order chi connectivity index (χ0) is 56.4. The molecule has 0 spiro atoms. The van der Waals surface area contributed by atoms with Crippen LogP contribution in [0.3, 0.4) is 0 Å². The Morgan fingerprint density at radius 3 is 0.910 bits per heavy atom. The highest BCUT2D eigenvalue weighted by Gasteiger charge is 2.20. The molecular formula is C72H141NO5. The van der Waals surface area contributed by atoms with Crippen molar-refractivity contribution in [2.45, 2.75) is 424 Å². The van der Waals surface area contributed by atoms with E-state index in [1.807, 2.05) is 0 Å². The predicted octanol–water partition coefficient (Wildman–Crippen LogP) is 23.1. The van der Waals surface area contributed by atoms with Gasteiger partial charge in [0.05, 0.1) is 25.4 Å². The van der Waals surface area contributed by atoms with Crippen molar-refractivity contribution in [1.29, 1.82) is 0 Å². The van der Waals surface area contributed by atoms with Gasteiger partial charge in [0.2, 0.25) is 5.91 Å². The lowest BCUT2D eigenvalue weighted by atomic mass is 10.0. The van der Waals surface area contributed by atoms with E-state index in [9.17, 15) is 19.8 Å². The van der Waals surface area contributed by atoms with Crippen molar-refractivity contribution >= 4 is 11.9 Å². The molecule has 464 valence electrons. The summed E-state index contributed by atoms with van der Waals surface area (Å²) in [7, 11) is 0. The Bertz CT molecular complexity index is 1180. The summed E-state index contributed by atoms with van der Waals surface area (Å²) in [6, 6.07) is -0.541. The molecule has 0 aliphatic carbocycles. The summed E-state index contributed by atoms with van der Waals surface area (Å²) >= 11 is 0. The number of aliphatic hydroxyl groups is 2. The van der Waals surface area contributed by atoms with Crippen LogP contribution in [0.25, 0.3) is 0 Å². The first-order chi connectivity index (χ1) is 38.5. The minimum atomic E-state index is -0.664. The van der Waals surface area contributed by atoms with Gasteiger partial charge in [-0.15, -0.1) is 0 Å². The summed E-state index contributed by atoms with van der Waals surface area (Å²) in [4.78, 5) is 24.6. The molecule has 6 heteroatoms. The number of carbonyl (C=O) groups excluding carboxylic acids is 2. The van der Waals surface area contributed by atoms with Crippen LogP contribution >= 0.6 is 0 Å². The average Bonchev–Trinajstić information content (AvgIpc) is 3.44. The first-order valence-corrected chi connectivity index (χ1v) is 35.9. The highest BCUT2D eigenvalue weighted by Crippen LogP contribution is 2.19. The maximum absolute atomic E-state index is 12.6. The quantitative estimate of drug-likeness (QED) is 0.0320. The molecule has 2 unspecified atom stereocenters. The predicted molar refractivity (Wildman–Crippen MR) is 343 cm³/mol. The molecule has 0 aromatic carbocycles. The van der Waals surface area contributed by atoms with Crippen LogP contribution in [0.5, 0.6) is 0 Å². The van der Waals surface area contributed by atoms with Gasteiger partial charge >= 0.3 is 5.97 Å². The second-order valence-corrected chi connectivity index (χ2v) is 24.9. The molecule has 0 aromatic rings. The highest BCUT2D eigenvalue weighted by atomic mass is 16.5. The molecule has 0 bridgehead atoms. The molecule has 0 aromatic heterocycles. The Morgan fingerprint density at radius 1 is 0.346 bits per heavy atom. The fraction of sp³-hybridized carbons (Fsp3) is 0.944. The number of nitrogens with one attached hydrogen (secondary N) is 1. The lowest BCUT2D eigenvalue weighted by molar-refractivity contribution is -0.143. The van der Waals surface area contributed by atoms with E-state index >= 15 is 0 Å². The van der Waals surface area contributed by atoms with Crippen molar-refractivity contribution in [3.05, 3.63) is 12.2 Å². The van der Waals surface area contributed by atoms with Crippen LogP contribution in [0.1, 0.15) is 412 Å². The molecule has 0 aliphatic heterocycles. The van der Waals surface area contributed by atoms with Crippen LogP contribution in [0.15, 0.2) is 12.2 Å². The van der Waals surface area contributed by atoms with Crippen LogP contribution < -0.4 is 5.32 Å². The molecule has 78 heavy (non-hydrogen) atoms. The van der Waals surface area contributed by atoms with Gasteiger partial charge in [-0.25, -0.2) is 0 Å². The maximum Gasteiger partial charge on any atom is 0.305 e. The van der Waals surface area contributed by atoms with Crippen LogP contribution in [-0.2, 0) is 14.3 Å². The number of esters is 1. The van der Waals surface area contributed by atoms with Gasteiger partial charge in [-0.3, -0.25) is 9.59 Å². The molecule has 0 rings (SSSR count). The summed E-state index contributed by atoms with van der Waals surface area (Å²) in [6.45, 7) is 4.99. The van der Waals surface area contributed by atoms with E-state index in [0.29, 0.717) is 25.9 Å². The van der Waals surface area contributed by atoms with E-state index in [1.165, 1.54) is 334 Å². The van der Waals surface area contributed by atoms with Gasteiger partial charge in [0.1, 0.15) is 0 Å². The molecule has 0 saturated carbocycles. The van der Waals surface area contributed by atoms with Crippen LogP contribution in [-0.4, -0.2) is 47.4 Å². The normalized spacial score (nSPS) is 12.5. The fourth-order valence-electron chi connectivity index (χ4n) is 11.6. The summed E-state index contributed by atoms with van der Waals surface area (Å²) < 4.78 is 5.49. The highest BCUT2D eigenvalue weighted by molar-refractivity contribution is 5.76. The third-order valence-corrected chi connectivity index (χ3v) is 17.1. The zero-order valence-electron chi connectivity index (χ0n) is 53.2. The lowest BCUT2D eigenvalue weighted by Gasteiger charge is -2.22. The van der Waals surface area contributed by atoms with E-state index in [2.05, 4.69) is 31.3 Å². The number of rotatable bonds is 68. The summed E-state index contributed by atoms with van der Waals surface area (Å²) in [5, 5.41) is 23.4. The molecular weight excluding hydrogens is 959 g/mol. The van der Waals surface area contributed by atoms with Crippen molar-refractivity contribution in [2.24, 2.45) is 0 Å². The summed E-state index contributed by atoms with van der Waals surface area (Å²) in [5.41, 5.74) is 0. The largest absolute Gasteiger partial charge is 0.466 e. The average molecular weight is 1100 g/mol. The van der Waals surface area contributed by atoms with Crippen LogP contribution in [0.4, 0.5) is 0 Å². The van der Waals surface area contributed by atoms with Crippen molar-refractivity contribution < 1.29 is 24.5 Å². The number of allylic oxidation sites excluding steroid dienone is 2. The maximum atomic E-state index is 12.6. The van der Waals surface area contributed by atoms with E-state index < -0.39 is 12.1 Å². The minimum absolute atomic E-state index is 0.00878. The Labute approximate surface area is 489 Å². The topological polar surface area (TPSA) is 95.9 Å². The molecule has 0 fully saturated rings. The van der Waals surface area contributed by atoms with Gasteiger partial charge < -0.3 is 20.3 Å². The molecule has 2 atom stereocenters. The lowest BCUT2D eigenvalue weighted by Crippen LogP contribution is -2.45. The molecule has 0 saturated heterocycles. The van der Waals surface area contributed by atoms with Crippen molar-refractivity contribution in [3.8, 4) is 0 Å². The SMILES string of the molecule is CCCCCCCC/C=C\CCCCCCCC(=O)OCCCCCCCCCCCCCCCCCCCCCCCCCCC(=O)NC(CO)C(O)CCCCCCCCCCCCCCCCCCCCCCCC. The molecule has 0 heterocycles. The second-order valence-electron chi connectivity index (χ2n) is 24.9. The van der Waals surface area contributed by atoms with Gasteiger partial charge in [-0.1, -0.05) is 360 Å². The molecule has 3 N–H and O–H groups in total. The van der Waals surface area contributed by atoms with E-state index in [4.69, 9.17) is 4.74 Å². The number of amides is 1. The van der Waals surface area contributed by atoms with Crippen molar-refractivity contribution in [3.63, 3.8) is 0 Å². The number of carbonyl (C=O) groups is 2. The monoisotopic (exact) mass is 1100 g/mol. The van der Waals surface area contributed by atoms with Crippen LogP contribution in [0, 0.1) is 0 Å². The first-order valence-electron chi connectivity index (χ1n) is 35.9. The van der Waals surface area contributed by atoms with E-state index in [-0.39, 0.29) is 18.5 Å². The van der Waals surface area contributed by atoms with Crippen molar-refractivity contribution in [1.82, 2.24) is 5.32 Å². The molecule has 0 radical (unpaired) electrons. The Kier molecular flexibility index (Phi) is 66.9. The number of hydrogen-bond donors (Lipinski definition) is 3. The third-order valence-electron chi connectivity index (χ3n) is 17.1. The van der Waals surface area contributed by atoms with Crippen LogP contribution in [0.2, 0.25) is 0 Å². The van der Waals surface area contributed by atoms with Crippen molar-refractivity contribution in [2.75, 3.05) is 13.2 Å². The zero-order valence-corrected chi connectivity index (χ0v) is 53.2. The van der Waals surface area contributed by atoms with Gasteiger partial charge in [0.15, 0.2) is 0 Å². The summed E-state index contributed by atoms with van der Waals surface area (Å²) in [6.07, 6.45) is 84.0. The standard InChI is InChI=1S/C72H141NO5/c1-3-5-7-9-11-13-15-17-19-20-21-22-27-30-33-37-40-44-48-52-56-60-64-70(75)69(68-74)73-71(76)65-61-57-53-49-45-41-38-34-31-28-25-23-24-26-29-32-35-39-43-47-51-55-59-63-67-78-72(77)66-62-58-54-50-46-42-36-18-16-14-12-10-8-6-4-2/h18,36,69-70,74-75H,3-17,19-35,37-68H2,1-2H3,(H,73,76)/b36-18-. The fourth-order valence-corrected chi connectivity index (χ4v) is 11.6. The van der Waals surface area contributed by atoms with E-state index in [0.717, 1.165) is 44.9 Å². The summed E-state index contributed by atoms with van der Waals surface area (Å²) in [5.74, 6) is -0.0199. The van der Waals surface area contributed by atoms with E-state index in [1.54, 1.807) is 0 Å². The van der Waals surface area contributed by atoms with Gasteiger partial charge in [0.25, 0.3) is 0 Å². The Hall–Kier alpha value is -1.40. The molecule has 1 amide bonds. The number of ether oxygens (including phenoxy) is 1. The molecule has 0 aliphatic rings. The first kappa shape index (κ1) is 76.6.